The third-order valence-corrected chi connectivity index (χ3v) is 4.65. The van der Waals surface area contributed by atoms with Gasteiger partial charge in [0.2, 0.25) is 5.75 Å². The zero-order valence-corrected chi connectivity index (χ0v) is 16.7. The lowest BCUT2D eigenvalue weighted by molar-refractivity contribution is 0.0733. The van der Waals surface area contributed by atoms with Crippen molar-refractivity contribution in [3.63, 3.8) is 0 Å². The standard InChI is InChI=1S/C22H27NO5/c1-4-26-19-12-17(13-20(27-5-2)21(19)28-6-3)22(25)23-10-9-15-11-18(24)8-7-16(15)14-23/h7-8,11-13,24H,4-6,9-10,14H2,1-3H3. The van der Waals surface area contributed by atoms with Crippen LogP contribution in [0.2, 0.25) is 0 Å². The van der Waals surface area contributed by atoms with Gasteiger partial charge in [0.05, 0.1) is 19.8 Å². The van der Waals surface area contributed by atoms with E-state index in [2.05, 4.69) is 0 Å². The molecule has 3 rings (SSSR count). The second-order valence-electron chi connectivity index (χ2n) is 6.53. The van der Waals surface area contributed by atoms with Crippen LogP contribution < -0.4 is 14.2 Å². The number of hydrogen-bond donors (Lipinski definition) is 1. The molecule has 0 aromatic heterocycles. The zero-order valence-electron chi connectivity index (χ0n) is 16.7. The highest BCUT2D eigenvalue weighted by atomic mass is 16.5. The molecule has 0 bridgehead atoms. The van der Waals surface area contributed by atoms with E-state index in [1.807, 2.05) is 26.8 Å². The molecule has 6 heteroatoms. The fraction of sp³-hybridized carbons (Fsp3) is 0.409. The normalized spacial score (nSPS) is 13.0. The second kappa shape index (κ2) is 8.87. The van der Waals surface area contributed by atoms with Crippen LogP contribution in [0.5, 0.6) is 23.0 Å². The Morgan fingerprint density at radius 1 is 0.964 bits per heavy atom. The molecule has 0 spiro atoms. The number of fused-ring (bicyclic) bond motifs is 1. The van der Waals surface area contributed by atoms with Crippen molar-refractivity contribution in [1.82, 2.24) is 4.90 Å². The maximum atomic E-state index is 13.2. The van der Waals surface area contributed by atoms with Gasteiger partial charge in [0.15, 0.2) is 11.5 Å². The van der Waals surface area contributed by atoms with Gasteiger partial charge in [-0.1, -0.05) is 6.07 Å². The molecule has 150 valence electrons. The average molecular weight is 385 g/mol. The van der Waals surface area contributed by atoms with Crippen molar-refractivity contribution >= 4 is 5.91 Å². The molecule has 2 aromatic rings. The van der Waals surface area contributed by atoms with Crippen molar-refractivity contribution in [3.8, 4) is 23.0 Å². The van der Waals surface area contributed by atoms with Crippen LogP contribution in [0.3, 0.4) is 0 Å². The lowest BCUT2D eigenvalue weighted by atomic mass is 9.98. The maximum Gasteiger partial charge on any atom is 0.254 e. The molecule has 0 fully saturated rings. The SMILES string of the molecule is CCOc1cc(C(=O)N2CCc3cc(O)ccc3C2)cc(OCC)c1OCC. The summed E-state index contributed by atoms with van der Waals surface area (Å²) in [6, 6.07) is 8.76. The van der Waals surface area contributed by atoms with Crippen LogP contribution in [0.15, 0.2) is 30.3 Å². The van der Waals surface area contributed by atoms with Crippen LogP contribution in [0.4, 0.5) is 0 Å². The molecule has 0 aliphatic carbocycles. The van der Waals surface area contributed by atoms with Crippen molar-refractivity contribution in [2.45, 2.75) is 33.7 Å². The van der Waals surface area contributed by atoms with Crippen LogP contribution in [0, 0.1) is 0 Å². The summed E-state index contributed by atoms with van der Waals surface area (Å²) in [5.74, 6) is 1.74. The van der Waals surface area contributed by atoms with E-state index in [0.717, 1.165) is 11.1 Å². The second-order valence-corrected chi connectivity index (χ2v) is 6.53. The van der Waals surface area contributed by atoms with Gasteiger partial charge in [-0.3, -0.25) is 4.79 Å². The van der Waals surface area contributed by atoms with Gasteiger partial charge in [-0.25, -0.2) is 0 Å². The van der Waals surface area contributed by atoms with E-state index in [0.29, 0.717) is 62.1 Å². The molecule has 1 amide bonds. The first-order chi connectivity index (χ1) is 13.6. The fourth-order valence-electron chi connectivity index (χ4n) is 3.41. The van der Waals surface area contributed by atoms with Crippen LogP contribution in [0.25, 0.3) is 0 Å². The third kappa shape index (κ3) is 4.16. The molecule has 0 atom stereocenters. The highest BCUT2D eigenvalue weighted by Crippen LogP contribution is 2.39. The lowest BCUT2D eigenvalue weighted by Crippen LogP contribution is -2.36. The van der Waals surface area contributed by atoms with Crippen molar-refractivity contribution < 1.29 is 24.1 Å². The van der Waals surface area contributed by atoms with Gasteiger partial charge in [0.1, 0.15) is 5.75 Å². The molecule has 0 radical (unpaired) electrons. The molecular weight excluding hydrogens is 358 g/mol. The Balaban J connectivity index is 1.91. The molecule has 6 nitrogen and oxygen atoms in total. The summed E-state index contributed by atoms with van der Waals surface area (Å²) in [4.78, 5) is 15.0. The first-order valence-electron chi connectivity index (χ1n) is 9.73. The lowest BCUT2D eigenvalue weighted by Gasteiger charge is -2.29. The minimum Gasteiger partial charge on any atom is -0.508 e. The van der Waals surface area contributed by atoms with E-state index < -0.39 is 0 Å². The van der Waals surface area contributed by atoms with Crippen molar-refractivity contribution in [2.24, 2.45) is 0 Å². The molecule has 1 N–H and O–H groups in total. The first-order valence-corrected chi connectivity index (χ1v) is 9.73. The fourth-order valence-corrected chi connectivity index (χ4v) is 3.41. The largest absolute Gasteiger partial charge is 0.508 e. The van der Waals surface area contributed by atoms with E-state index in [-0.39, 0.29) is 11.7 Å². The summed E-state index contributed by atoms with van der Waals surface area (Å²) in [6.45, 7) is 8.18. The minimum atomic E-state index is -0.0799. The number of phenols is 1. The van der Waals surface area contributed by atoms with Gasteiger partial charge < -0.3 is 24.2 Å². The van der Waals surface area contributed by atoms with Gasteiger partial charge in [0.25, 0.3) is 5.91 Å². The molecule has 0 saturated heterocycles. The predicted molar refractivity (Wildman–Crippen MR) is 107 cm³/mol. The van der Waals surface area contributed by atoms with Crippen molar-refractivity contribution in [3.05, 3.63) is 47.0 Å². The van der Waals surface area contributed by atoms with Crippen LogP contribution in [0.1, 0.15) is 42.3 Å². The number of nitrogens with zero attached hydrogens (tertiary/aromatic N) is 1. The van der Waals surface area contributed by atoms with Gasteiger partial charge >= 0.3 is 0 Å². The van der Waals surface area contributed by atoms with E-state index in [4.69, 9.17) is 14.2 Å². The van der Waals surface area contributed by atoms with Crippen molar-refractivity contribution in [1.29, 1.82) is 0 Å². The number of carbonyl (C=O) groups is 1. The number of carbonyl (C=O) groups excluding carboxylic acids is 1. The van der Waals surface area contributed by atoms with Gasteiger partial charge in [0, 0.05) is 18.7 Å². The van der Waals surface area contributed by atoms with Gasteiger partial charge in [-0.15, -0.1) is 0 Å². The highest BCUT2D eigenvalue weighted by Gasteiger charge is 2.25. The van der Waals surface area contributed by atoms with Gasteiger partial charge in [-0.05, 0) is 62.6 Å². The first kappa shape index (κ1) is 19.9. The summed E-state index contributed by atoms with van der Waals surface area (Å²) < 4.78 is 17.2. The van der Waals surface area contributed by atoms with E-state index in [1.54, 1.807) is 29.2 Å². The summed E-state index contributed by atoms with van der Waals surface area (Å²) in [5.41, 5.74) is 2.65. The monoisotopic (exact) mass is 385 g/mol. The third-order valence-electron chi connectivity index (χ3n) is 4.65. The highest BCUT2D eigenvalue weighted by molar-refractivity contribution is 5.95. The molecular formula is C22H27NO5. The molecule has 1 aliphatic rings. The Bertz CT molecular complexity index is 822. The van der Waals surface area contributed by atoms with Crippen LogP contribution in [-0.2, 0) is 13.0 Å². The number of phenolic OH excluding ortho intramolecular Hbond substituents is 1. The average Bonchev–Trinajstić information content (AvgIpc) is 2.69. The zero-order chi connectivity index (χ0) is 20.1. The molecule has 0 saturated carbocycles. The summed E-state index contributed by atoms with van der Waals surface area (Å²) in [7, 11) is 0. The minimum absolute atomic E-state index is 0.0799. The Kier molecular flexibility index (Phi) is 6.29. The predicted octanol–water partition coefficient (Wildman–Crippen LogP) is 3.79. The smallest absolute Gasteiger partial charge is 0.254 e. The molecule has 2 aromatic carbocycles. The van der Waals surface area contributed by atoms with E-state index >= 15 is 0 Å². The Morgan fingerprint density at radius 3 is 2.21 bits per heavy atom. The van der Waals surface area contributed by atoms with E-state index in [9.17, 15) is 9.90 Å². The van der Waals surface area contributed by atoms with Crippen LogP contribution in [-0.4, -0.2) is 42.3 Å². The summed E-state index contributed by atoms with van der Waals surface area (Å²) in [6.07, 6.45) is 0.711. The summed E-state index contributed by atoms with van der Waals surface area (Å²) in [5, 5.41) is 9.65. The van der Waals surface area contributed by atoms with Gasteiger partial charge in [-0.2, -0.15) is 0 Å². The number of benzene rings is 2. The molecule has 28 heavy (non-hydrogen) atoms. The Morgan fingerprint density at radius 2 is 1.61 bits per heavy atom. The molecule has 1 heterocycles. The maximum absolute atomic E-state index is 13.2. The van der Waals surface area contributed by atoms with Crippen LogP contribution >= 0.6 is 0 Å². The quantitative estimate of drug-likeness (QED) is 0.785. The van der Waals surface area contributed by atoms with Crippen molar-refractivity contribution in [2.75, 3.05) is 26.4 Å². The number of rotatable bonds is 7. The summed E-state index contributed by atoms with van der Waals surface area (Å²) >= 11 is 0. The number of hydrogen-bond acceptors (Lipinski definition) is 5. The van der Waals surface area contributed by atoms with E-state index in [1.165, 1.54) is 0 Å². The number of amides is 1. The Labute approximate surface area is 165 Å². The topological polar surface area (TPSA) is 68.2 Å². The Hall–Kier alpha value is -2.89. The molecule has 1 aliphatic heterocycles. The number of ether oxygens (including phenoxy) is 3. The number of aromatic hydroxyl groups is 1. The molecule has 0 unspecified atom stereocenters.